The Bertz CT molecular complexity index is 621. The minimum absolute atomic E-state index is 0.00532. The highest BCUT2D eigenvalue weighted by atomic mass is 16.5. The number of ether oxygens (including phenoxy) is 2. The second kappa shape index (κ2) is 4.98. The van der Waals surface area contributed by atoms with E-state index < -0.39 is 29.7 Å². The van der Waals surface area contributed by atoms with Crippen LogP contribution in [0.3, 0.4) is 0 Å². The van der Waals surface area contributed by atoms with Crippen molar-refractivity contribution in [2.24, 2.45) is 11.8 Å². The van der Waals surface area contributed by atoms with Gasteiger partial charge in [-0.3, -0.25) is 14.4 Å². The third-order valence-corrected chi connectivity index (χ3v) is 4.62. The third-order valence-electron chi connectivity index (χ3n) is 4.62. The van der Waals surface area contributed by atoms with Gasteiger partial charge in [-0.2, -0.15) is 0 Å². The van der Waals surface area contributed by atoms with Crippen LogP contribution in [0.2, 0.25) is 0 Å². The average molecular weight is 288 g/mol. The molecule has 0 spiro atoms. The number of esters is 2. The normalized spacial score (nSPS) is 29.7. The molecule has 4 atom stereocenters. The van der Waals surface area contributed by atoms with Gasteiger partial charge >= 0.3 is 11.9 Å². The van der Waals surface area contributed by atoms with Gasteiger partial charge in [0, 0.05) is 12.3 Å². The number of benzene rings is 1. The van der Waals surface area contributed by atoms with Crippen molar-refractivity contribution in [1.82, 2.24) is 0 Å². The SMILES string of the molecule is COC(=O)[C@@H]1[C@H](C(=O)OC)[C@H]2CC(=O)[C@@H]1c1ccccc12. The molecular weight excluding hydrogens is 272 g/mol. The molecule has 110 valence electrons. The summed E-state index contributed by atoms with van der Waals surface area (Å²) in [6.45, 7) is 0. The van der Waals surface area contributed by atoms with E-state index in [1.165, 1.54) is 14.2 Å². The molecule has 1 saturated carbocycles. The molecule has 0 amide bonds. The maximum absolute atomic E-state index is 12.3. The maximum atomic E-state index is 12.3. The predicted molar refractivity (Wildman–Crippen MR) is 72.6 cm³/mol. The number of hydrogen-bond acceptors (Lipinski definition) is 5. The summed E-state index contributed by atoms with van der Waals surface area (Å²) in [6, 6.07) is 7.50. The first kappa shape index (κ1) is 13.8. The van der Waals surface area contributed by atoms with Gasteiger partial charge in [-0.05, 0) is 11.1 Å². The molecule has 1 aromatic carbocycles. The fourth-order valence-electron chi connectivity index (χ4n) is 3.80. The Morgan fingerprint density at radius 3 is 2.19 bits per heavy atom. The molecular formula is C16H16O5. The summed E-state index contributed by atoms with van der Waals surface area (Å²) in [5.74, 6) is -3.35. The number of methoxy groups -OCH3 is 2. The van der Waals surface area contributed by atoms with E-state index in [-0.39, 0.29) is 18.1 Å². The molecule has 5 nitrogen and oxygen atoms in total. The van der Waals surface area contributed by atoms with Crippen molar-refractivity contribution in [2.45, 2.75) is 18.3 Å². The molecule has 3 aliphatic rings. The summed E-state index contributed by atoms with van der Waals surface area (Å²) in [7, 11) is 2.57. The van der Waals surface area contributed by atoms with Gasteiger partial charge < -0.3 is 9.47 Å². The van der Waals surface area contributed by atoms with Crippen molar-refractivity contribution < 1.29 is 23.9 Å². The first-order valence-electron chi connectivity index (χ1n) is 6.87. The molecule has 21 heavy (non-hydrogen) atoms. The van der Waals surface area contributed by atoms with Crippen LogP contribution in [0, 0.1) is 11.8 Å². The van der Waals surface area contributed by atoms with Crippen LogP contribution in [-0.4, -0.2) is 31.9 Å². The highest BCUT2D eigenvalue weighted by molar-refractivity contribution is 5.99. The fraction of sp³-hybridized carbons (Fsp3) is 0.438. The summed E-state index contributed by atoms with van der Waals surface area (Å²) >= 11 is 0. The lowest BCUT2D eigenvalue weighted by atomic mass is 9.55. The Hall–Kier alpha value is -2.17. The molecule has 0 N–H and O–H groups in total. The van der Waals surface area contributed by atoms with Crippen LogP contribution < -0.4 is 0 Å². The average Bonchev–Trinajstić information content (AvgIpc) is 2.52. The lowest BCUT2D eigenvalue weighted by Gasteiger charge is -2.45. The van der Waals surface area contributed by atoms with Gasteiger partial charge in [0.15, 0.2) is 0 Å². The van der Waals surface area contributed by atoms with E-state index in [1.54, 1.807) is 0 Å². The Kier molecular flexibility index (Phi) is 3.27. The zero-order chi connectivity index (χ0) is 15.1. The Balaban J connectivity index is 2.17. The third kappa shape index (κ3) is 1.87. The van der Waals surface area contributed by atoms with Crippen molar-refractivity contribution in [3.05, 3.63) is 35.4 Å². The maximum Gasteiger partial charge on any atom is 0.310 e. The van der Waals surface area contributed by atoms with Gasteiger partial charge in [-0.15, -0.1) is 0 Å². The number of rotatable bonds is 2. The highest BCUT2D eigenvalue weighted by Crippen LogP contribution is 2.54. The number of hydrogen-bond donors (Lipinski definition) is 0. The number of carbonyl (C=O) groups is 3. The Labute approximate surface area is 122 Å². The minimum atomic E-state index is -0.788. The Morgan fingerprint density at radius 1 is 1.00 bits per heavy atom. The second-order valence-corrected chi connectivity index (χ2v) is 5.48. The van der Waals surface area contributed by atoms with Crippen LogP contribution in [0.15, 0.2) is 24.3 Å². The van der Waals surface area contributed by atoms with Crippen molar-refractivity contribution in [3.63, 3.8) is 0 Å². The van der Waals surface area contributed by atoms with Crippen LogP contribution in [-0.2, 0) is 23.9 Å². The van der Waals surface area contributed by atoms with Crippen molar-refractivity contribution in [1.29, 1.82) is 0 Å². The predicted octanol–water partition coefficient (Wildman–Crippen LogP) is 1.42. The van der Waals surface area contributed by atoms with Gasteiger partial charge in [0.25, 0.3) is 0 Å². The number of Topliss-reactive ketones (excluding diaryl/α,β-unsaturated/α-hetero) is 1. The van der Waals surface area contributed by atoms with Crippen LogP contribution >= 0.6 is 0 Å². The van der Waals surface area contributed by atoms with Crippen LogP contribution in [0.4, 0.5) is 0 Å². The molecule has 0 heterocycles. The van der Waals surface area contributed by atoms with E-state index in [2.05, 4.69) is 0 Å². The topological polar surface area (TPSA) is 69.7 Å². The first-order valence-corrected chi connectivity index (χ1v) is 6.87. The zero-order valence-electron chi connectivity index (χ0n) is 11.9. The molecule has 1 aromatic rings. The standard InChI is InChI=1S/C16H16O5/c1-20-15(18)13-10-7-11(17)12(14(13)16(19)21-2)9-6-4-3-5-8(9)10/h3-6,10,12-14H,7H2,1-2H3/t10-,12-,13+,14-/m0/s1. The van der Waals surface area contributed by atoms with E-state index in [1.807, 2.05) is 24.3 Å². The van der Waals surface area contributed by atoms with Crippen molar-refractivity contribution >= 4 is 17.7 Å². The summed E-state index contributed by atoms with van der Waals surface area (Å²) in [4.78, 5) is 36.7. The van der Waals surface area contributed by atoms with Crippen LogP contribution in [0.1, 0.15) is 29.4 Å². The molecule has 2 bridgehead atoms. The van der Waals surface area contributed by atoms with Gasteiger partial charge in [0.05, 0.1) is 32.0 Å². The summed E-state index contributed by atoms with van der Waals surface area (Å²) in [5.41, 5.74) is 1.81. The van der Waals surface area contributed by atoms with Gasteiger partial charge in [-0.1, -0.05) is 24.3 Å². The zero-order valence-corrected chi connectivity index (χ0v) is 11.9. The van der Waals surface area contributed by atoms with E-state index >= 15 is 0 Å². The van der Waals surface area contributed by atoms with Crippen molar-refractivity contribution in [2.75, 3.05) is 14.2 Å². The summed E-state index contributed by atoms with van der Waals surface area (Å²) in [6.07, 6.45) is 0.273. The number of carbonyl (C=O) groups excluding carboxylic acids is 3. The van der Waals surface area contributed by atoms with E-state index in [4.69, 9.17) is 9.47 Å². The largest absolute Gasteiger partial charge is 0.469 e. The summed E-state index contributed by atoms with van der Waals surface area (Å²) < 4.78 is 9.69. The van der Waals surface area contributed by atoms with E-state index in [9.17, 15) is 14.4 Å². The molecule has 3 aliphatic carbocycles. The molecule has 0 unspecified atom stereocenters. The van der Waals surface area contributed by atoms with Gasteiger partial charge in [0.2, 0.25) is 0 Å². The molecule has 0 saturated heterocycles. The highest BCUT2D eigenvalue weighted by Gasteiger charge is 2.57. The quantitative estimate of drug-likeness (QED) is 0.770. The minimum Gasteiger partial charge on any atom is -0.469 e. The van der Waals surface area contributed by atoms with E-state index in [0.29, 0.717) is 0 Å². The first-order chi connectivity index (χ1) is 10.1. The van der Waals surface area contributed by atoms with E-state index in [0.717, 1.165) is 11.1 Å². The molecule has 0 radical (unpaired) electrons. The smallest absolute Gasteiger partial charge is 0.310 e. The fourth-order valence-corrected chi connectivity index (χ4v) is 3.80. The number of ketones is 1. The van der Waals surface area contributed by atoms with Crippen molar-refractivity contribution in [3.8, 4) is 0 Å². The molecule has 0 aromatic heterocycles. The van der Waals surface area contributed by atoms with Gasteiger partial charge in [-0.25, -0.2) is 0 Å². The lowest BCUT2D eigenvalue weighted by Crippen LogP contribution is -2.50. The monoisotopic (exact) mass is 288 g/mol. The molecule has 4 rings (SSSR count). The second-order valence-electron chi connectivity index (χ2n) is 5.48. The molecule has 1 fully saturated rings. The lowest BCUT2D eigenvalue weighted by molar-refractivity contribution is -0.164. The summed E-state index contributed by atoms with van der Waals surface area (Å²) in [5, 5.41) is 0. The Morgan fingerprint density at radius 2 is 1.57 bits per heavy atom. The van der Waals surface area contributed by atoms with Crippen LogP contribution in [0.25, 0.3) is 0 Å². The van der Waals surface area contributed by atoms with Crippen LogP contribution in [0.5, 0.6) is 0 Å². The molecule has 5 heteroatoms. The van der Waals surface area contributed by atoms with Gasteiger partial charge in [0.1, 0.15) is 5.78 Å². The molecule has 0 aliphatic heterocycles. The number of fused-ring (bicyclic) bond motifs is 2.